The van der Waals surface area contributed by atoms with E-state index in [-0.39, 0.29) is 5.69 Å². The number of nitro groups is 1. The molecule has 7 heteroatoms. The third kappa shape index (κ3) is 2.51. The second-order valence-electron chi connectivity index (χ2n) is 2.78. The van der Waals surface area contributed by atoms with Crippen LogP contribution in [0.25, 0.3) is 0 Å². The van der Waals surface area contributed by atoms with Crippen molar-refractivity contribution in [1.29, 1.82) is 5.26 Å². The highest BCUT2D eigenvalue weighted by atomic mass is 19.1. The molecule has 0 bridgehead atoms. The van der Waals surface area contributed by atoms with Crippen molar-refractivity contribution in [2.45, 2.75) is 6.42 Å². The molecule has 0 spiro atoms. The Hall–Kier alpha value is -2.49. The van der Waals surface area contributed by atoms with Crippen molar-refractivity contribution in [2.75, 3.05) is 5.32 Å². The van der Waals surface area contributed by atoms with Crippen molar-refractivity contribution >= 4 is 17.3 Å². The first-order valence-electron chi connectivity index (χ1n) is 4.16. The minimum Gasteiger partial charge on any atom is -0.319 e. The van der Waals surface area contributed by atoms with Gasteiger partial charge in [-0.15, -0.1) is 0 Å². The summed E-state index contributed by atoms with van der Waals surface area (Å²) in [5, 5.41) is 20.9. The number of carbonyl (C=O) groups excluding carboxylic acids is 1. The summed E-state index contributed by atoms with van der Waals surface area (Å²) in [7, 11) is 0. The predicted octanol–water partition coefficient (Wildman–Crippen LogP) is 1.59. The van der Waals surface area contributed by atoms with E-state index in [0.29, 0.717) is 0 Å². The van der Waals surface area contributed by atoms with Gasteiger partial charge in [0.25, 0.3) is 0 Å². The van der Waals surface area contributed by atoms with Crippen molar-refractivity contribution in [3.8, 4) is 6.07 Å². The van der Waals surface area contributed by atoms with Crippen molar-refractivity contribution in [2.24, 2.45) is 0 Å². The van der Waals surface area contributed by atoms with Gasteiger partial charge >= 0.3 is 5.69 Å². The molecular weight excluding hydrogens is 217 g/mol. The lowest BCUT2D eigenvalue weighted by atomic mass is 10.2. The van der Waals surface area contributed by atoms with E-state index in [1.54, 1.807) is 6.07 Å². The fraction of sp³-hybridized carbons (Fsp3) is 0.111. The summed E-state index contributed by atoms with van der Waals surface area (Å²) in [4.78, 5) is 20.6. The quantitative estimate of drug-likeness (QED) is 0.621. The Morgan fingerprint density at radius 2 is 2.31 bits per heavy atom. The standard InChI is InChI=1S/C9H6FN3O3/c10-6-2-1-3-7(9(6)13(15)16)12-8(14)4-5-11/h1-3H,4H2,(H,12,14). The molecule has 0 aliphatic heterocycles. The van der Waals surface area contributed by atoms with Crippen molar-refractivity contribution in [3.63, 3.8) is 0 Å². The molecule has 6 nitrogen and oxygen atoms in total. The molecule has 1 aromatic rings. The van der Waals surface area contributed by atoms with Gasteiger partial charge in [-0.1, -0.05) is 6.07 Å². The lowest BCUT2D eigenvalue weighted by molar-refractivity contribution is -0.386. The zero-order valence-electron chi connectivity index (χ0n) is 7.94. The molecule has 0 unspecified atom stereocenters. The number of nitrogens with zero attached hydrogens (tertiary/aromatic N) is 2. The van der Waals surface area contributed by atoms with Crippen LogP contribution in [0.2, 0.25) is 0 Å². The smallest absolute Gasteiger partial charge is 0.319 e. The molecule has 16 heavy (non-hydrogen) atoms. The number of benzene rings is 1. The number of amides is 1. The highest BCUT2D eigenvalue weighted by Crippen LogP contribution is 2.27. The SMILES string of the molecule is N#CCC(=O)Nc1cccc(F)c1[N+](=O)[O-]. The predicted molar refractivity (Wildman–Crippen MR) is 51.9 cm³/mol. The maximum Gasteiger partial charge on any atom is 0.328 e. The van der Waals surface area contributed by atoms with Crippen LogP contribution in [0.3, 0.4) is 0 Å². The minimum atomic E-state index is -1.04. The summed E-state index contributed by atoms with van der Waals surface area (Å²) in [5.41, 5.74) is -1.07. The van der Waals surface area contributed by atoms with Crippen LogP contribution in [-0.4, -0.2) is 10.8 Å². The van der Waals surface area contributed by atoms with Crippen LogP contribution in [0.5, 0.6) is 0 Å². The Morgan fingerprint density at radius 3 is 2.88 bits per heavy atom. The third-order valence-electron chi connectivity index (χ3n) is 1.68. The van der Waals surface area contributed by atoms with Gasteiger partial charge in [-0.05, 0) is 12.1 Å². The highest BCUT2D eigenvalue weighted by Gasteiger charge is 2.20. The number of halogens is 1. The average Bonchev–Trinajstić information content (AvgIpc) is 2.17. The molecule has 0 atom stereocenters. The lowest BCUT2D eigenvalue weighted by Gasteiger charge is -2.03. The van der Waals surface area contributed by atoms with Crippen LogP contribution in [0.1, 0.15) is 6.42 Å². The Balaban J connectivity index is 3.05. The summed E-state index contributed by atoms with van der Waals surface area (Å²) < 4.78 is 13.1. The van der Waals surface area contributed by atoms with E-state index >= 15 is 0 Å². The molecule has 0 saturated heterocycles. The van der Waals surface area contributed by atoms with Gasteiger partial charge in [0.1, 0.15) is 12.1 Å². The number of nitrogens with one attached hydrogen (secondary N) is 1. The number of nitriles is 1. The second-order valence-corrected chi connectivity index (χ2v) is 2.78. The molecule has 1 amide bonds. The van der Waals surface area contributed by atoms with Crippen LogP contribution in [-0.2, 0) is 4.79 Å². The van der Waals surface area contributed by atoms with Gasteiger partial charge in [0.05, 0.1) is 11.0 Å². The van der Waals surface area contributed by atoms with E-state index in [4.69, 9.17) is 5.26 Å². The number of rotatable bonds is 3. The van der Waals surface area contributed by atoms with E-state index in [9.17, 15) is 19.3 Å². The molecule has 0 radical (unpaired) electrons. The van der Waals surface area contributed by atoms with E-state index < -0.39 is 28.8 Å². The first kappa shape index (κ1) is 11.6. The summed E-state index contributed by atoms with van der Waals surface area (Å²) in [6.07, 6.45) is -0.451. The van der Waals surface area contributed by atoms with Crippen LogP contribution < -0.4 is 5.32 Å². The maximum atomic E-state index is 13.1. The molecule has 0 saturated carbocycles. The summed E-state index contributed by atoms with van der Waals surface area (Å²) in [5.74, 6) is -1.77. The zero-order chi connectivity index (χ0) is 12.1. The third-order valence-corrected chi connectivity index (χ3v) is 1.68. The van der Waals surface area contributed by atoms with Crippen molar-refractivity contribution in [1.82, 2.24) is 0 Å². The minimum absolute atomic E-state index is 0.259. The van der Waals surface area contributed by atoms with E-state index in [1.807, 2.05) is 0 Å². The summed E-state index contributed by atoms with van der Waals surface area (Å²) in [6.45, 7) is 0. The summed E-state index contributed by atoms with van der Waals surface area (Å²) >= 11 is 0. The van der Waals surface area contributed by atoms with Crippen molar-refractivity contribution in [3.05, 3.63) is 34.1 Å². The molecule has 1 aromatic carbocycles. The Labute approximate surface area is 89.4 Å². The van der Waals surface area contributed by atoms with Crippen molar-refractivity contribution < 1.29 is 14.1 Å². The number of hydrogen-bond acceptors (Lipinski definition) is 4. The lowest BCUT2D eigenvalue weighted by Crippen LogP contribution is -2.12. The molecule has 0 aromatic heterocycles. The monoisotopic (exact) mass is 223 g/mol. The Bertz CT molecular complexity index is 481. The number of carbonyl (C=O) groups is 1. The molecule has 0 aliphatic carbocycles. The Morgan fingerprint density at radius 1 is 1.62 bits per heavy atom. The largest absolute Gasteiger partial charge is 0.328 e. The average molecular weight is 223 g/mol. The number of hydrogen-bond donors (Lipinski definition) is 1. The fourth-order valence-electron chi connectivity index (χ4n) is 1.07. The molecular formula is C9H6FN3O3. The maximum absolute atomic E-state index is 13.1. The number of nitro benzene ring substituents is 1. The topological polar surface area (TPSA) is 96.0 Å². The normalized spacial score (nSPS) is 9.25. The van der Waals surface area contributed by atoms with Crippen LogP contribution in [0.4, 0.5) is 15.8 Å². The van der Waals surface area contributed by atoms with Gasteiger partial charge in [-0.3, -0.25) is 14.9 Å². The highest BCUT2D eigenvalue weighted by molar-refractivity contribution is 5.94. The van der Waals surface area contributed by atoms with Crippen LogP contribution >= 0.6 is 0 Å². The first-order chi connectivity index (χ1) is 7.56. The van der Waals surface area contributed by atoms with Crippen LogP contribution in [0.15, 0.2) is 18.2 Å². The van der Waals surface area contributed by atoms with Gasteiger partial charge in [0.15, 0.2) is 0 Å². The molecule has 0 aliphatic rings. The molecule has 1 N–H and O–H groups in total. The zero-order valence-corrected chi connectivity index (χ0v) is 7.94. The number of para-hydroxylation sites is 1. The summed E-state index contributed by atoms with van der Waals surface area (Å²) in [6, 6.07) is 4.91. The molecule has 1 rings (SSSR count). The van der Waals surface area contributed by atoms with E-state index in [2.05, 4.69) is 5.32 Å². The fourth-order valence-corrected chi connectivity index (χ4v) is 1.07. The van der Waals surface area contributed by atoms with Gasteiger partial charge in [-0.2, -0.15) is 9.65 Å². The van der Waals surface area contributed by atoms with E-state index in [0.717, 1.165) is 6.07 Å². The van der Waals surface area contributed by atoms with Gasteiger partial charge < -0.3 is 5.32 Å². The van der Waals surface area contributed by atoms with Gasteiger partial charge in [0.2, 0.25) is 11.7 Å². The molecule has 82 valence electrons. The number of anilines is 1. The first-order valence-corrected chi connectivity index (χ1v) is 4.16. The Kier molecular flexibility index (Phi) is 3.50. The van der Waals surface area contributed by atoms with E-state index in [1.165, 1.54) is 12.1 Å². The molecule has 0 fully saturated rings. The van der Waals surface area contributed by atoms with Crippen LogP contribution in [0, 0.1) is 27.3 Å². The second kappa shape index (κ2) is 4.84. The molecule has 0 heterocycles. The van der Waals surface area contributed by atoms with Gasteiger partial charge in [0, 0.05) is 0 Å². The van der Waals surface area contributed by atoms with Gasteiger partial charge in [-0.25, -0.2) is 0 Å².